The molecule has 8 heteroatoms. The van der Waals surface area contributed by atoms with Gasteiger partial charge in [-0.25, -0.2) is 0 Å². The second kappa shape index (κ2) is 30.7. The van der Waals surface area contributed by atoms with E-state index in [4.69, 9.17) is 51.6 Å². The average molecular weight is 622 g/mol. The Labute approximate surface area is 261 Å². The minimum Gasteiger partial charge on any atom is -0.487 e. The van der Waals surface area contributed by atoms with Gasteiger partial charge in [0.2, 0.25) is 0 Å². The molecule has 1 aromatic carbocycles. The second-order valence-corrected chi connectivity index (χ2v) is 11.0. The maximum atomic E-state index is 6.20. The molecular weight excluding hydrogens is 563 g/mol. The molecule has 0 aliphatic rings. The maximum absolute atomic E-state index is 6.20. The lowest BCUT2D eigenvalue weighted by atomic mass is 10.0. The Bertz CT molecular complexity index is 679. The van der Waals surface area contributed by atoms with E-state index >= 15 is 0 Å². The summed E-state index contributed by atoms with van der Waals surface area (Å²) >= 11 is 11.2. The number of benzene rings is 1. The summed E-state index contributed by atoms with van der Waals surface area (Å²) in [7, 11) is 0. The van der Waals surface area contributed by atoms with Crippen LogP contribution in [0.5, 0.6) is 11.5 Å². The normalized spacial score (nSPS) is 11.3. The van der Waals surface area contributed by atoms with Gasteiger partial charge in [-0.05, 0) is 24.5 Å². The van der Waals surface area contributed by atoms with Gasteiger partial charge < -0.3 is 28.4 Å². The van der Waals surface area contributed by atoms with Gasteiger partial charge in [0.25, 0.3) is 0 Å². The van der Waals surface area contributed by atoms with Crippen molar-refractivity contribution in [3.63, 3.8) is 0 Å². The molecule has 0 aliphatic carbocycles. The first-order valence-corrected chi connectivity index (χ1v) is 17.2. The van der Waals surface area contributed by atoms with E-state index in [1.165, 1.54) is 82.6 Å². The first kappa shape index (κ1) is 38.3. The largest absolute Gasteiger partial charge is 0.487 e. The Morgan fingerprint density at radius 1 is 0.488 bits per heavy atom. The molecule has 0 saturated carbocycles. The van der Waals surface area contributed by atoms with Gasteiger partial charge in [0.05, 0.1) is 52.9 Å². The Morgan fingerprint density at radius 3 is 1.44 bits per heavy atom. The quantitative estimate of drug-likeness (QED) is 0.0593. The summed E-state index contributed by atoms with van der Waals surface area (Å²) in [6, 6.07) is 6.16. The van der Waals surface area contributed by atoms with Gasteiger partial charge in [-0.2, -0.15) is 0 Å². The SMILES string of the molecule is CCCCCCCCCCCCCCCc1cccc(OCCOCCOCCCl)c1OCCOCCOCCCl. The highest BCUT2D eigenvalue weighted by Crippen LogP contribution is 2.32. The van der Waals surface area contributed by atoms with Gasteiger partial charge in [0, 0.05) is 11.8 Å². The Kier molecular flexibility index (Phi) is 28.6. The summed E-state index contributed by atoms with van der Waals surface area (Å²) in [6.45, 7) is 7.35. The molecule has 0 atom stereocenters. The van der Waals surface area contributed by atoms with E-state index in [1.807, 2.05) is 12.1 Å². The van der Waals surface area contributed by atoms with Crippen LogP contribution in [0.2, 0.25) is 0 Å². The van der Waals surface area contributed by atoms with Crippen molar-refractivity contribution in [1.29, 1.82) is 0 Å². The number of aryl methyl sites for hydroxylation is 1. The molecule has 0 unspecified atom stereocenters. The molecule has 0 fully saturated rings. The van der Waals surface area contributed by atoms with Crippen LogP contribution in [0.4, 0.5) is 0 Å². The van der Waals surface area contributed by atoms with Gasteiger partial charge in [0.1, 0.15) is 13.2 Å². The van der Waals surface area contributed by atoms with Gasteiger partial charge in [-0.15, -0.1) is 23.2 Å². The highest BCUT2D eigenvalue weighted by Gasteiger charge is 2.12. The Hall–Kier alpha value is -0.760. The van der Waals surface area contributed by atoms with Crippen LogP contribution in [0, 0.1) is 0 Å². The van der Waals surface area contributed by atoms with Crippen molar-refractivity contribution in [1.82, 2.24) is 0 Å². The first-order chi connectivity index (χ1) is 20.3. The zero-order chi connectivity index (χ0) is 29.5. The van der Waals surface area contributed by atoms with Gasteiger partial charge in [0.15, 0.2) is 11.5 Å². The number of ether oxygens (including phenoxy) is 6. The van der Waals surface area contributed by atoms with Crippen molar-refractivity contribution in [2.75, 3.05) is 77.8 Å². The molecule has 0 saturated heterocycles. The van der Waals surface area contributed by atoms with Crippen molar-refractivity contribution in [2.45, 2.75) is 96.8 Å². The topological polar surface area (TPSA) is 55.4 Å². The van der Waals surface area contributed by atoms with Crippen molar-refractivity contribution in [2.24, 2.45) is 0 Å². The summed E-state index contributed by atoms with van der Waals surface area (Å²) in [5, 5.41) is 0. The van der Waals surface area contributed by atoms with Crippen LogP contribution in [-0.4, -0.2) is 77.8 Å². The van der Waals surface area contributed by atoms with E-state index < -0.39 is 0 Å². The number of rotatable bonds is 32. The third-order valence-electron chi connectivity index (χ3n) is 6.76. The fourth-order valence-electron chi connectivity index (χ4n) is 4.54. The second-order valence-electron chi connectivity index (χ2n) is 10.3. The minimum absolute atomic E-state index is 0.447. The molecule has 0 N–H and O–H groups in total. The molecule has 1 rings (SSSR count). The Balaban J connectivity index is 2.37. The van der Waals surface area contributed by atoms with Crippen LogP contribution in [0.25, 0.3) is 0 Å². The molecule has 0 bridgehead atoms. The highest BCUT2D eigenvalue weighted by molar-refractivity contribution is 6.18. The summed E-state index contributed by atoms with van der Waals surface area (Å²) in [5.74, 6) is 2.56. The van der Waals surface area contributed by atoms with Crippen molar-refractivity contribution in [3.05, 3.63) is 23.8 Å². The summed E-state index contributed by atoms with van der Waals surface area (Å²) in [5.41, 5.74) is 1.19. The number of para-hydroxylation sites is 1. The fraction of sp³-hybridized carbons (Fsp3) is 0.818. The number of alkyl halides is 2. The van der Waals surface area contributed by atoms with E-state index in [0.29, 0.717) is 77.8 Å². The smallest absolute Gasteiger partial charge is 0.164 e. The van der Waals surface area contributed by atoms with E-state index in [0.717, 1.165) is 24.3 Å². The zero-order valence-corrected chi connectivity index (χ0v) is 27.3. The predicted octanol–water partition coefficient (Wildman–Crippen LogP) is 8.62. The number of unbranched alkanes of at least 4 members (excludes halogenated alkanes) is 12. The minimum atomic E-state index is 0.447. The average Bonchev–Trinajstić information content (AvgIpc) is 2.99. The van der Waals surface area contributed by atoms with E-state index in [2.05, 4.69) is 13.0 Å². The molecule has 0 radical (unpaired) electrons. The molecule has 6 nitrogen and oxygen atoms in total. The lowest BCUT2D eigenvalue weighted by Gasteiger charge is -2.17. The number of halogens is 2. The standard InChI is InChI=1S/C33H58Cl2O6/c1-2-3-4-5-6-7-8-9-10-11-12-13-14-16-31-17-15-18-32(40-29-27-38-25-23-36-21-19-34)33(31)41-30-28-39-26-24-37-22-20-35/h15,17-18H,2-14,16,19-30H2,1H3. The molecule has 0 aromatic heterocycles. The van der Waals surface area contributed by atoms with Crippen LogP contribution in [0.1, 0.15) is 96.0 Å². The monoisotopic (exact) mass is 620 g/mol. The van der Waals surface area contributed by atoms with Gasteiger partial charge in [-0.3, -0.25) is 0 Å². The van der Waals surface area contributed by atoms with Crippen molar-refractivity contribution < 1.29 is 28.4 Å². The molecule has 1 aromatic rings. The zero-order valence-electron chi connectivity index (χ0n) is 25.8. The van der Waals surface area contributed by atoms with Crippen LogP contribution in [0.15, 0.2) is 18.2 Å². The first-order valence-electron chi connectivity index (χ1n) is 16.1. The van der Waals surface area contributed by atoms with Gasteiger partial charge >= 0.3 is 0 Å². The molecular formula is C33H58Cl2O6. The van der Waals surface area contributed by atoms with Crippen molar-refractivity contribution >= 4 is 23.2 Å². The third-order valence-corrected chi connectivity index (χ3v) is 7.07. The van der Waals surface area contributed by atoms with Crippen LogP contribution in [-0.2, 0) is 25.4 Å². The molecule has 0 aliphatic heterocycles. The van der Waals surface area contributed by atoms with Crippen LogP contribution >= 0.6 is 23.2 Å². The molecule has 0 heterocycles. The maximum Gasteiger partial charge on any atom is 0.164 e. The molecule has 41 heavy (non-hydrogen) atoms. The number of hydrogen-bond acceptors (Lipinski definition) is 6. The lowest BCUT2D eigenvalue weighted by Crippen LogP contribution is -2.14. The summed E-state index contributed by atoms with van der Waals surface area (Å²) in [4.78, 5) is 0. The number of hydrogen-bond donors (Lipinski definition) is 0. The third kappa shape index (κ3) is 23.4. The molecule has 0 amide bonds. The van der Waals surface area contributed by atoms with Crippen LogP contribution in [0.3, 0.4) is 0 Å². The molecule has 0 spiro atoms. The Morgan fingerprint density at radius 2 is 0.927 bits per heavy atom. The fourth-order valence-corrected chi connectivity index (χ4v) is 4.75. The van der Waals surface area contributed by atoms with Gasteiger partial charge in [-0.1, -0.05) is 96.1 Å². The summed E-state index contributed by atoms with van der Waals surface area (Å²) < 4.78 is 34.2. The van der Waals surface area contributed by atoms with E-state index in [1.54, 1.807) is 0 Å². The van der Waals surface area contributed by atoms with E-state index in [-0.39, 0.29) is 0 Å². The summed E-state index contributed by atoms with van der Waals surface area (Å²) in [6.07, 6.45) is 18.5. The van der Waals surface area contributed by atoms with Crippen molar-refractivity contribution in [3.8, 4) is 11.5 Å². The predicted molar refractivity (Wildman–Crippen MR) is 172 cm³/mol. The lowest BCUT2D eigenvalue weighted by molar-refractivity contribution is 0.0373. The van der Waals surface area contributed by atoms with Crippen LogP contribution < -0.4 is 9.47 Å². The van der Waals surface area contributed by atoms with E-state index in [9.17, 15) is 0 Å². The highest BCUT2D eigenvalue weighted by atomic mass is 35.5. The molecule has 240 valence electrons.